The molecule has 0 aliphatic carbocycles. The largest absolute Gasteiger partial charge is 0.453 e. The third-order valence-electron chi connectivity index (χ3n) is 2.40. The second-order valence-corrected chi connectivity index (χ2v) is 4.71. The standard InChI is InChI=1S/C12H11BrO2/c1-7(2)12-9-4-3-8(13)5-10(9)15-11(12)6-14/h3-7H,1-2H3. The number of hydrogen-bond acceptors (Lipinski definition) is 2. The minimum absolute atomic E-state index is 0.285. The van der Waals surface area contributed by atoms with Gasteiger partial charge in [0.25, 0.3) is 0 Å². The number of aldehydes is 1. The Morgan fingerprint density at radius 1 is 1.40 bits per heavy atom. The molecule has 1 aromatic heterocycles. The highest BCUT2D eigenvalue weighted by Gasteiger charge is 2.16. The third-order valence-corrected chi connectivity index (χ3v) is 2.90. The molecule has 1 aromatic carbocycles. The first-order valence-electron chi connectivity index (χ1n) is 4.80. The van der Waals surface area contributed by atoms with E-state index in [1.807, 2.05) is 18.2 Å². The van der Waals surface area contributed by atoms with Crippen LogP contribution in [0.1, 0.15) is 35.9 Å². The van der Waals surface area contributed by atoms with Crippen molar-refractivity contribution in [3.05, 3.63) is 34.0 Å². The number of furan rings is 1. The van der Waals surface area contributed by atoms with Crippen LogP contribution in [0.3, 0.4) is 0 Å². The van der Waals surface area contributed by atoms with Crippen LogP contribution in [-0.4, -0.2) is 6.29 Å². The van der Waals surface area contributed by atoms with E-state index in [9.17, 15) is 4.79 Å². The van der Waals surface area contributed by atoms with Crippen LogP contribution in [0.15, 0.2) is 27.1 Å². The van der Waals surface area contributed by atoms with E-state index >= 15 is 0 Å². The zero-order valence-electron chi connectivity index (χ0n) is 8.58. The van der Waals surface area contributed by atoms with Gasteiger partial charge in [0.05, 0.1) is 0 Å². The van der Waals surface area contributed by atoms with E-state index in [2.05, 4.69) is 29.8 Å². The topological polar surface area (TPSA) is 30.2 Å². The van der Waals surface area contributed by atoms with Gasteiger partial charge in [-0.3, -0.25) is 4.79 Å². The lowest BCUT2D eigenvalue weighted by Crippen LogP contribution is -1.90. The second kappa shape index (κ2) is 3.81. The molecule has 15 heavy (non-hydrogen) atoms. The van der Waals surface area contributed by atoms with Crippen molar-refractivity contribution in [3.8, 4) is 0 Å². The lowest BCUT2D eigenvalue weighted by molar-refractivity contribution is 0.110. The lowest BCUT2D eigenvalue weighted by atomic mass is 10.00. The number of carbonyl (C=O) groups is 1. The maximum atomic E-state index is 10.9. The SMILES string of the molecule is CC(C)c1c(C=O)oc2cc(Br)ccc12. The van der Waals surface area contributed by atoms with Crippen molar-refractivity contribution in [1.82, 2.24) is 0 Å². The molecule has 0 atom stereocenters. The molecular weight excluding hydrogens is 256 g/mol. The Labute approximate surface area is 96.4 Å². The molecule has 0 saturated carbocycles. The van der Waals surface area contributed by atoms with Crippen molar-refractivity contribution in [2.75, 3.05) is 0 Å². The summed E-state index contributed by atoms with van der Waals surface area (Å²) in [6, 6.07) is 5.82. The maximum absolute atomic E-state index is 10.9. The molecule has 0 unspecified atom stereocenters. The van der Waals surface area contributed by atoms with Crippen LogP contribution in [0.25, 0.3) is 11.0 Å². The molecule has 0 aliphatic heterocycles. The summed E-state index contributed by atoms with van der Waals surface area (Å²) < 4.78 is 6.45. The molecule has 2 rings (SSSR count). The Morgan fingerprint density at radius 3 is 2.73 bits per heavy atom. The molecule has 0 N–H and O–H groups in total. The Kier molecular flexibility index (Phi) is 2.65. The molecule has 0 radical (unpaired) electrons. The fourth-order valence-electron chi connectivity index (χ4n) is 1.79. The first-order valence-corrected chi connectivity index (χ1v) is 5.60. The van der Waals surface area contributed by atoms with Gasteiger partial charge in [0.2, 0.25) is 0 Å². The van der Waals surface area contributed by atoms with Crippen LogP contribution in [-0.2, 0) is 0 Å². The van der Waals surface area contributed by atoms with Crippen molar-refractivity contribution in [3.63, 3.8) is 0 Å². The van der Waals surface area contributed by atoms with Gasteiger partial charge in [-0.05, 0) is 24.1 Å². The first kappa shape index (κ1) is 10.4. The predicted octanol–water partition coefficient (Wildman–Crippen LogP) is 4.13. The van der Waals surface area contributed by atoms with Crippen molar-refractivity contribution in [1.29, 1.82) is 0 Å². The van der Waals surface area contributed by atoms with E-state index in [1.165, 1.54) is 0 Å². The van der Waals surface area contributed by atoms with Crippen molar-refractivity contribution < 1.29 is 9.21 Å². The molecule has 2 nitrogen and oxygen atoms in total. The van der Waals surface area contributed by atoms with Gasteiger partial charge in [-0.1, -0.05) is 29.8 Å². The van der Waals surface area contributed by atoms with Crippen LogP contribution < -0.4 is 0 Å². The quantitative estimate of drug-likeness (QED) is 0.766. The van der Waals surface area contributed by atoms with E-state index in [4.69, 9.17) is 4.42 Å². The van der Waals surface area contributed by atoms with Gasteiger partial charge in [-0.15, -0.1) is 0 Å². The summed E-state index contributed by atoms with van der Waals surface area (Å²) >= 11 is 3.38. The van der Waals surface area contributed by atoms with Crippen molar-refractivity contribution in [2.45, 2.75) is 19.8 Å². The average molecular weight is 267 g/mol. The minimum atomic E-state index is 0.285. The summed E-state index contributed by atoms with van der Waals surface area (Å²) in [5.74, 6) is 0.728. The van der Waals surface area contributed by atoms with Crippen LogP contribution in [0.2, 0.25) is 0 Å². The maximum Gasteiger partial charge on any atom is 0.185 e. The minimum Gasteiger partial charge on any atom is -0.453 e. The van der Waals surface area contributed by atoms with Gasteiger partial charge in [0.15, 0.2) is 12.0 Å². The van der Waals surface area contributed by atoms with Gasteiger partial charge < -0.3 is 4.42 Å². The van der Waals surface area contributed by atoms with Gasteiger partial charge in [-0.2, -0.15) is 0 Å². The van der Waals surface area contributed by atoms with E-state index < -0.39 is 0 Å². The second-order valence-electron chi connectivity index (χ2n) is 3.79. The predicted molar refractivity (Wildman–Crippen MR) is 63.4 cm³/mol. The van der Waals surface area contributed by atoms with Crippen molar-refractivity contribution >= 4 is 33.2 Å². The molecule has 3 heteroatoms. The molecule has 0 bridgehead atoms. The van der Waals surface area contributed by atoms with Crippen LogP contribution in [0.4, 0.5) is 0 Å². The Balaban J connectivity index is 2.80. The molecule has 78 valence electrons. The number of hydrogen-bond donors (Lipinski definition) is 0. The molecule has 0 fully saturated rings. The molecule has 1 heterocycles. The molecule has 0 spiro atoms. The summed E-state index contributed by atoms with van der Waals surface area (Å²) in [6.45, 7) is 4.11. The van der Waals surface area contributed by atoms with E-state index in [-0.39, 0.29) is 5.92 Å². The zero-order chi connectivity index (χ0) is 11.0. The highest BCUT2D eigenvalue weighted by Crippen LogP contribution is 2.32. The van der Waals surface area contributed by atoms with Crippen LogP contribution in [0.5, 0.6) is 0 Å². The van der Waals surface area contributed by atoms with E-state index in [0.29, 0.717) is 5.76 Å². The smallest absolute Gasteiger partial charge is 0.185 e. The summed E-state index contributed by atoms with van der Waals surface area (Å²) in [5.41, 5.74) is 1.75. The van der Waals surface area contributed by atoms with Gasteiger partial charge in [0.1, 0.15) is 5.58 Å². The number of fused-ring (bicyclic) bond motifs is 1. The number of carbonyl (C=O) groups excluding carboxylic acids is 1. The highest BCUT2D eigenvalue weighted by molar-refractivity contribution is 9.10. The first-order chi connectivity index (χ1) is 7.13. The zero-order valence-corrected chi connectivity index (χ0v) is 10.2. The number of halogens is 1. The fraction of sp³-hybridized carbons (Fsp3) is 0.250. The summed E-state index contributed by atoms with van der Waals surface area (Å²) in [6.07, 6.45) is 0.781. The Morgan fingerprint density at radius 2 is 2.13 bits per heavy atom. The van der Waals surface area contributed by atoms with Gasteiger partial charge in [0, 0.05) is 15.4 Å². The van der Waals surface area contributed by atoms with Gasteiger partial charge >= 0.3 is 0 Å². The molecule has 0 aliphatic rings. The van der Waals surface area contributed by atoms with E-state index in [0.717, 1.165) is 27.3 Å². The Bertz CT molecular complexity index is 512. The number of rotatable bonds is 2. The summed E-state index contributed by atoms with van der Waals surface area (Å²) in [4.78, 5) is 10.9. The van der Waals surface area contributed by atoms with Crippen molar-refractivity contribution in [2.24, 2.45) is 0 Å². The lowest BCUT2D eigenvalue weighted by Gasteiger charge is -2.02. The molecule has 0 amide bonds. The summed E-state index contributed by atoms with van der Waals surface area (Å²) in [7, 11) is 0. The molecule has 2 aromatic rings. The Hall–Kier alpha value is -1.09. The normalized spacial score (nSPS) is 11.2. The monoisotopic (exact) mass is 266 g/mol. The van der Waals surface area contributed by atoms with Crippen LogP contribution in [0, 0.1) is 0 Å². The highest BCUT2D eigenvalue weighted by atomic mass is 79.9. The molecule has 0 saturated heterocycles. The average Bonchev–Trinajstić information content (AvgIpc) is 2.54. The van der Waals surface area contributed by atoms with Gasteiger partial charge in [-0.25, -0.2) is 0 Å². The molecular formula is C12H11BrO2. The van der Waals surface area contributed by atoms with E-state index in [1.54, 1.807) is 0 Å². The van der Waals surface area contributed by atoms with Crippen LogP contribution >= 0.6 is 15.9 Å². The number of benzene rings is 1. The summed E-state index contributed by atoms with van der Waals surface area (Å²) in [5, 5.41) is 1.02. The fourth-order valence-corrected chi connectivity index (χ4v) is 2.13. The third kappa shape index (κ3) is 1.72.